The summed E-state index contributed by atoms with van der Waals surface area (Å²) in [4.78, 5) is 37.2. The van der Waals surface area contributed by atoms with Gasteiger partial charge in [-0.3, -0.25) is 14.2 Å². The molecule has 0 radical (unpaired) electrons. The Labute approximate surface area is 180 Å². The van der Waals surface area contributed by atoms with Crippen molar-refractivity contribution in [2.45, 2.75) is 32.4 Å². The molecular weight excluding hydrogens is 430 g/mol. The molecule has 1 aromatic carbocycles. The minimum atomic E-state index is -0.829. The van der Waals surface area contributed by atoms with Gasteiger partial charge in [-0.25, -0.2) is 13.6 Å². The summed E-state index contributed by atoms with van der Waals surface area (Å²) in [5.74, 6) is -2.80. The highest BCUT2D eigenvalue weighted by Gasteiger charge is 2.17. The van der Waals surface area contributed by atoms with E-state index < -0.39 is 29.1 Å². The highest BCUT2D eigenvalue weighted by Crippen LogP contribution is 2.12. The molecule has 1 atom stereocenters. The number of halogens is 2. The van der Waals surface area contributed by atoms with E-state index in [0.717, 1.165) is 53.0 Å². The van der Waals surface area contributed by atoms with Gasteiger partial charge in [-0.1, -0.05) is 6.07 Å². The van der Waals surface area contributed by atoms with E-state index in [9.17, 15) is 23.2 Å². The van der Waals surface area contributed by atoms with E-state index in [0.29, 0.717) is 13.2 Å². The SMILES string of the molecule is CCOC(=O)/C=c1\s/c(=C\c2c(F)cccc2F)c(=O)n1CC(=O)NC[C@@H]1CCCO1. The lowest BCUT2D eigenvalue weighted by molar-refractivity contribution is -0.135. The quantitative estimate of drug-likeness (QED) is 0.624. The monoisotopic (exact) mass is 452 g/mol. The molecule has 1 aromatic heterocycles. The number of carbonyl (C=O) groups is 2. The fraction of sp³-hybridized carbons (Fsp3) is 0.381. The van der Waals surface area contributed by atoms with Gasteiger partial charge in [0.25, 0.3) is 5.56 Å². The summed E-state index contributed by atoms with van der Waals surface area (Å²) >= 11 is 0.838. The van der Waals surface area contributed by atoms with Gasteiger partial charge in [0.05, 0.1) is 23.3 Å². The van der Waals surface area contributed by atoms with Crippen molar-refractivity contribution in [3.8, 4) is 0 Å². The fourth-order valence-electron chi connectivity index (χ4n) is 3.09. The molecule has 0 spiro atoms. The Bertz CT molecular complexity index is 1120. The first kappa shape index (κ1) is 22.8. The van der Waals surface area contributed by atoms with Gasteiger partial charge in [0.2, 0.25) is 5.91 Å². The molecule has 7 nitrogen and oxygen atoms in total. The zero-order valence-corrected chi connectivity index (χ0v) is 17.7. The number of thiazole rings is 1. The van der Waals surface area contributed by atoms with E-state index in [1.807, 2.05) is 0 Å². The van der Waals surface area contributed by atoms with Crippen molar-refractivity contribution >= 4 is 35.4 Å². The van der Waals surface area contributed by atoms with E-state index >= 15 is 0 Å². The number of esters is 1. The van der Waals surface area contributed by atoms with Crippen LogP contribution in [-0.2, 0) is 25.6 Å². The third-order valence-corrected chi connectivity index (χ3v) is 5.65. The summed E-state index contributed by atoms with van der Waals surface area (Å²) in [6, 6.07) is 3.36. The maximum Gasteiger partial charge on any atom is 0.333 e. The molecule has 2 heterocycles. The van der Waals surface area contributed by atoms with Gasteiger partial charge in [0.15, 0.2) is 0 Å². The van der Waals surface area contributed by atoms with Gasteiger partial charge >= 0.3 is 5.97 Å². The van der Waals surface area contributed by atoms with Crippen LogP contribution >= 0.6 is 11.3 Å². The smallest absolute Gasteiger partial charge is 0.333 e. The molecule has 0 saturated carbocycles. The Morgan fingerprint density at radius 3 is 2.74 bits per heavy atom. The summed E-state index contributed by atoms with van der Waals surface area (Å²) in [5, 5.41) is 2.70. The number of ether oxygens (including phenoxy) is 2. The first-order valence-corrected chi connectivity index (χ1v) is 10.6. The number of carbonyl (C=O) groups excluding carboxylic acids is 2. The molecular formula is C21H22F2N2O5S. The van der Waals surface area contributed by atoms with Crippen LogP contribution in [0.15, 0.2) is 23.0 Å². The lowest BCUT2D eigenvalue weighted by Crippen LogP contribution is -2.40. The van der Waals surface area contributed by atoms with Crippen LogP contribution in [0.3, 0.4) is 0 Å². The number of amides is 1. The van der Waals surface area contributed by atoms with E-state index in [4.69, 9.17) is 9.47 Å². The zero-order valence-electron chi connectivity index (χ0n) is 16.9. The molecule has 1 fully saturated rings. The molecule has 2 aromatic rings. The molecule has 1 N–H and O–H groups in total. The minimum absolute atomic E-state index is 0.0218. The highest BCUT2D eigenvalue weighted by molar-refractivity contribution is 7.07. The summed E-state index contributed by atoms with van der Waals surface area (Å²) in [6.45, 7) is 2.36. The molecule has 1 amide bonds. The van der Waals surface area contributed by atoms with Crippen LogP contribution in [0.4, 0.5) is 8.78 Å². The highest BCUT2D eigenvalue weighted by atomic mass is 32.1. The predicted octanol–water partition coefficient (Wildman–Crippen LogP) is 0.656. The number of benzene rings is 1. The molecule has 10 heteroatoms. The lowest BCUT2D eigenvalue weighted by Gasteiger charge is -2.10. The molecule has 0 unspecified atom stereocenters. The van der Waals surface area contributed by atoms with Crippen LogP contribution in [0.2, 0.25) is 0 Å². The minimum Gasteiger partial charge on any atom is -0.463 e. The second-order valence-corrected chi connectivity index (χ2v) is 7.87. The summed E-state index contributed by atoms with van der Waals surface area (Å²) < 4.78 is 39.5. The molecule has 0 bridgehead atoms. The topological polar surface area (TPSA) is 86.6 Å². The van der Waals surface area contributed by atoms with Crippen molar-refractivity contribution in [1.29, 1.82) is 0 Å². The van der Waals surface area contributed by atoms with Crippen LogP contribution in [-0.4, -0.2) is 42.3 Å². The number of nitrogens with zero attached hydrogens (tertiary/aromatic N) is 1. The maximum atomic E-state index is 14.0. The molecule has 31 heavy (non-hydrogen) atoms. The Hall–Kier alpha value is -2.85. The van der Waals surface area contributed by atoms with Crippen molar-refractivity contribution in [3.05, 3.63) is 54.9 Å². The van der Waals surface area contributed by atoms with Crippen molar-refractivity contribution in [2.75, 3.05) is 19.8 Å². The standard InChI is InChI=1S/C21H22F2N2O5S/c1-2-29-20(27)10-19-25(12-18(26)24-11-13-5-4-8-30-13)21(28)17(31-19)9-14-15(22)6-3-7-16(14)23/h3,6-7,9-10,13H,2,4-5,8,11-12H2,1H3,(H,24,26)/b17-9-,19-10-/t13-/m0/s1. The molecule has 166 valence electrons. The van der Waals surface area contributed by atoms with E-state index in [1.165, 1.54) is 6.07 Å². The van der Waals surface area contributed by atoms with Crippen molar-refractivity contribution in [2.24, 2.45) is 0 Å². The molecule has 1 saturated heterocycles. The van der Waals surface area contributed by atoms with Crippen molar-refractivity contribution in [1.82, 2.24) is 9.88 Å². The van der Waals surface area contributed by atoms with Crippen LogP contribution < -0.4 is 20.1 Å². The second-order valence-electron chi connectivity index (χ2n) is 6.81. The molecule has 3 rings (SSSR count). The van der Waals surface area contributed by atoms with E-state index in [-0.39, 0.29) is 34.0 Å². The van der Waals surface area contributed by atoms with Crippen LogP contribution in [0, 0.1) is 11.6 Å². The number of rotatable bonds is 7. The molecule has 1 aliphatic heterocycles. The third-order valence-electron chi connectivity index (χ3n) is 4.59. The van der Waals surface area contributed by atoms with E-state index in [1.54, 1.807) is 6.92 Å². The van der Waals surface area contributed by atoms with Crippen molar-refractivity contribution in [3.63, 3.8) is 0 Å². The van der Waals surface area contributed by atoms with Gasteiger partial charge in [-0.2, -0.15) is 0 Å². The van der Waals surface area contributed by atoms with Crippen LogP contribution in [0.5, 0.6) is 0 Å². The number of hydrogen-bond donors (Lipinski definition) is 1. The van der Waals surface area contributed by atoms with Crippen LogP contribution in [0.25, 0.3) is 12.2 Å². The lowest BCUT2D eigenvalue weighted by atomic mass is 10.2. The predicted molar refractivity (Wildman–Crippen MR) is 111 cm³/mol. The van der Waals surface area contributed by atoms with Crippen molar-refractivity contribution < 1.29 is 27.8 Å². The largest absolute Gasteiger partial charge is 0.463 e. The van der Waals surface area contributed by atoms with Gasteiger partial charge in [0, 0.05) is 18.7 Å². The summed E-state index contributed by atoms with van der Waals surface area (Å²) in [6.07, 6.45) is 3.85. The molecule has 0 aliphatic carbocycles. The first-order chi connectivity index (χ1) is 14.9. The van der Waals surface area contributed by atoms with Gasteiger partial charge in [-0.15, -0.1) is 11.3 Å². The first-order valence-electron chi connectivity index (χ1n) is 9.81. The Balaban J connectivity index is 1.96. The van der Waals surface area contributed by atoms with Gasteiger partial charge in [-0.05, 0) is 38.0 Å². The number of hydrogen-bond acceptors (Lipinski definition) is 6. The Morgan fingerprint density at radius 2 is 2.10 bits per heavy atom. The van der Waals surface area contributed by atoms with Gasteiger partial charge < -0.3 is 14.8 Å². The summed E-state index contributed by atoms with van der Waals surface area (Å²) in [5.41, 5.74) is -1.02. The summed E-state index contributed by atoms with van der Waals surface area (Å²) in [7, 11) is 0. The van der Waals surface area contributed by atoms with Crippen LogP contribution in [0.1, 0.15) is 25.3 Å². The normalized spacial score (nSPS) is 17.2. The zero-order chi connectivity index (χ0) is 22.4. The maximum absolute atomic E-state index is 14.0. The Kier molecular flexibility index (Phi) is 7.69. The Morgan fingerprint density at radius 1 is 1.35 bits per heavy atom. The number of nitrogens with one attached hydrogen (secondary N) is 1. The average Bonchev–Trinajstić information content (AvgIpc) is 3.34. The second kappa shape index (κ2) is 10.5. The van der Waals surface area contributed by atoms with E-state index in [2.05, 4.69) is 5.32 Å². The third kappa shape index (κ3) is 5.86. The molecule has 1 aliphatic rings. The van der Waals surface area contributed by atoms with Gasteiger partial charge in [0.1, 0.15) is 22.8 Å². The number of aromatic nitrogens is 1. The fourth-order valence-corrected chi connectivity index (χ4v) is 4.10. The average molecular weight is 452 g/mol.